The Morgan fingerprint density at radius 2 is 2.29 bits per heavy atom. The third kappa shape index (κ3) is 2.00. The summed E-state index contributed by atoms with van der Waals surface area (Å²) in [5, 5.41) is 3.78. The zero-order valence-electron chi connectivity index (χ0n) is 7.72. The number of halogens is 3. The first-order chi connectivity index (χ1) is 6.38. The lowest BCUT2D eigenvalue weighted by molar-refractivity contribution is 0.0210. The summed E-state index contributed by atoms with van der Waals surface area (Å²) in [6.45, 7) is 2.68. The van der Waals surface area contributed by atoms with Gasteiger partial charge in [-0.3, -0.25) is 9.48 Å². The monoisotopic (exact) mass is 266 g/mol. The van der Waals surface area contributed by atoms with Crippen molar-refractivity contribution in [2.45, 2.75) is 26.3 Å². The molecule has 0 radical (unpaired) electrons. The van der Waals surface area contributed by atoms with Crippen LogP contribution in [0.2, 0.25) is 0 Å². The number of Topliss-reactive ketones (excluding diaryl/α,β-unsaturated/α-hetero) is 1. The maximum Gasteiger partial charge on any atom is 0.308 e. The Morgan fingerprint density at radius 1 is 1.71 bits per heavy atom. The average molecular weight is 267 g/mol. The molecule has 0 saturated carbocycles. The molecule has 0 fully saturated rings. The van der Waals surface area contributed by atoms with Gasteiger partial charge in [-0.05, 0) is 22.9 Å². The lowest BCUT2D eigenvalue weighted by Crippen LogP contribution is -2.27. The van der Waals surface area contributed by atoms with E-state index in [1.165, 1.54) is 10.9 Å². The fraction of sp³-hybridized carbons (Fsp3) is 0.500. The summed E-state index contributed by atoms with van der Waals surface area (Å²) < 4.78 is 27.1. The lowest BCUT2D eigenvalue weighted by Gasteiger charge is -2.10. The molecule has 6 heteroatoms. The van der Waals surface area contributed by atoms with E-state index in [9.17, 15) is 13.6 Å². The minimum Gasteiger partial charge on any atom is -0.286 e. The Hall–Kier alpha value is -0.780. The van der Waals surface area contributed by atoms with Crippen LogP contribution in [-0.2, 0) is 6.54 Å². The van der Waals surface area contributed by atoms with Gasteiger partial charge in [-0.1, -0.05) is 0 Å². The van der Waals surface area contributed by atoms with Crippen LogP contribution in [0.15, 0.2) is 10.7 Å². The van der Waals surface area contributed by atoms with Gasteiger partial charge >= 0.3 is 5.92 Å². The molecular formula is C8H9BrF2N2O. The number of carbonyl (C=O) groups excluding carboxylic acids is 1. The highest BCUT2D eigenvalue weighted by Crippen LogP contribution is 2.24. The Kier molecular flexibility index (Phi) is 3.04. The zero-order chi connectivity index (χ0) is 10.9. The van der Waals surface area contributed by atoms with Gasteiger partial charge in [0.25, 0.3) is 5.78 Å². The Bertz CT molecular complexity index is 357. The van der Waals surface area contributed by atoms with Gasteiger partial charge in [0.1, 0.15) is 5.69 Å². The molecule has 0 bridgehead atoms. The predicted molar refractivity (Wildman–Crippen MR) is 50.6 cm³/mol. The van der Waals surface area contributed by atoms with Crippen LogP contribution in [0.5, 0.6) is 0 Å². The summed E-state index contributed by atoms with van der Waals surface area (Å²) in [4.78, 5) is 11.3. The zero-order valence-corrected chi connectivity index (χ0v) is 9.31. The molecule has 0 N–H and O–H groups in total. The fourth-order valence-corrected chi connectivity index (χ4v) is 1.51. The quantitative estimate of drug-likeness (QED) is 0.788. The minimum absolute atomic E-state index is 0.0833. The molecule has 14 heavy (non-hydrogen) atoms. The van der Waals surface area contributed by atoms with Gasteiger partial charge in [0, 0.05) is 13.5 Å². The van der Waals surface area contributed by atoms with Gasteiger partial charge in [-0.2, -0.15) is 13.9 Å². The largest absolute Gasteiger partial charge is 0.308 e. The van der Waals surface area contributed by atoms with Crippen LogP contribution >= 0.6 is 15.9 Å². The molecule has 0 unspecified atom stereocenters. The summed E-state index contributed by atoms with van der Waals surface area (Å²) in [6, 6.07) is 0. The molecule has 0 aliphatic heterocycles. The number of alkyl halides is 2. The number of aromatic nitrogens is 2. The molecule has 1 aromatic heterocycles. The van der Waals surface area contributed by atoms with E-state index < -0.39 is 11.7 Å². The summed E-state index contributed by atoms with van der Waals surface area (Å²) in [6.07, 6.45) is 1.34. The van der Waals surface area contributed by atoms with Gasteiger partial charge in [0.2, 0.25) is 0 Å². The van der Waals surface area contributed by atoms with Gasteiger partial charge in [0.05, 0.1) is 10.7 Å². The summed E-state index contributed by atoms with van der Waals surface area (Å²) in [5.41, 5.74) is -0.0833. The van der Waals surface area contributed by atoms with E-state index in [1.807, 2.05) is 0 Å². The number of rotatable bonds is 3. The van der Waals surface area contributed by atoms with E-state index in [0.29, 0.717) is 17.9 Å². The molecule has 0 aliphatic carbocycles. The number of nitrogens with zero attached hydrogens (tertiary/aromatic N) is 2. The van der Waals surface area contributed by atoms with E-state index in [0.717, 1.165) is 0 Å². The molecule has 0 aromatic carbocycles. The fourth-order valence-electron chi connectivity index (χ4n) is 1.04. The minimum atomic E-state index is -3.37. The summed E-state index contributed by atoms with van der Waals surface area (Å²) in [5.74, 6) is -4.58. The predicted octanol–water partition coefficient (Wildman–Crippen LogP) is 2.50. The van der Waals surface area contributed by atoms with E-state index >= 15 is 0 Å². The molecule has 1 aromatic rings. The standard InChI is InChI=1S/C8H9BrF2N2O/c1-3-13-6(5(9)4-12-13)7(14)8(2,10)11/h4H,3H2,1-2H3. The van der Waals surface area contributed by atoms with Gasteiger partial charge in [-0.15, -0.1) is 0 Å². The van der Waals surface area contributed by atoms with E-state index in [1.54, 1.807) is 6.92 Å². The second-order valence-corrected chi connectivity index (χ2v) is 3.73. The number of hydrogen-bond donors (Lipinski definition) is 0. The molecule has 0 spiro atoms. The molecule has 78 valence electrons. The van der Waals surface area contributed by atoms with Gasteiger partial charge in [0.15, 0.2) is 0 Å². The van der Waals surface area contributed by atoms with Crippen LogP contribution < -0.4 is 0 Å². The topological polar surface area (TPSA) is 34.9 Å². The number of ketones is 1. The van der Waals surface area contributed by atoms with Crippen molar-refractivity contribution in [2.75, 3.05) is 0 Å². The highest BCUT2D eigenvalue weighted by molar-refractivity contribution is 9.10. The second-order valence-electron chi connectivity index (χ2n) is 2.87. The Balaban J connectivity index is 3.18. The maximum absolute atomic E-state index is 12.8. The molecule has 0 atom stereocenters. The number of carbonyl (C=O) groups is 1. The number of hydrogen-bond acceptors (Lipinski definition) is 2. The molecule has 0 amide bonds. The average Bonchev–Trinajstić information content (AvgIpc) is 2.43. The third-order valence-corrected chi connectivity index (χ3v) is 2.29. The van der Waals surface area contributed by atoms with Crippen molar-refractivity contribution in [3.05, 3.63) is 16.4 Å². The second kappa shape index (κ2) is 3.76. The molecule has 1 rings (SSSR count). The van der Waals surface area contributed by atoms with Crippen molar-refractivity contribution < 1.29 is 13.6 Å². The van der Waals surface area contributed by atoms with Crippen LogP contribution in [0.25, 0.3) is 0 Å². The SMILES string of the molecule is CCn1ncc(Br)c1C(=O)C(C)(F)F. The van der Waals surface area contributed by atoms with Crippen LogP contribution in [0.3, 0.4) is 0 Å². The first-order valence-electron chi connectivity index (χ1n) is 4.01. The number of aryl methyl sites for hydroxylation is 1. The van der Waals surface area contributed by atoms with Crippen LogP contribution in [0.4, 0.5) is 8.78 Å². The summed E-state index contributed by atoms with van der Waals surface area (Å²) in [7, 11) is 0. The lowest BCUT2D eigenvalue weighted by atomic mass is 10.2. The van der Waals surface area contributed by atoms with Crippen LogP contribution in [-0.4, -0.2) is 21.5 Å². The third-order valence-electron chi connectivity index (χ3n) is 1.71. The van der Waals surface area contributed by atoms with Crippen molar-refractivity contribution in [3.63, 3.8) is 0 Å². The van der Waals surface area contributed by atoms with Crippen molar-refractivity contribution in [1.29, 1.82) is 0 Å². The van der Waals surface area contributed by atoms with Crippen molar-refractivity contribution in [3.8, 4) is 0 Å². The first-order valence-corrected chi connectivity index (χ1v) is 4.81. The molecule has 3 nitrogen and oxygen atoms in total. The first kappa shape index (κ1) is 11.3. The Morgan fingerprint density at radius 3 is 2.71 bits per heavy atom. The smallest absolute Gasteiger partial charge is 0.286 e. The Labute approximate surface area is 88.2 Å². The highest BCUT2D eigenvalue weighted by atomic mass is 79.9. The van der Waals surface area contributed by atoms with Gasteiger partial charge in [-0.25, -0.2) is 0 Å². The van der Waals surface area contributed by atoms with E-state index in [2.05, 4.69) is 21.0 Å². The highest BCUT2D eigenvalue weighted by Gasteiger charge is 2.36. The summed E-state index contributed by atoms with van der Waals surface area (Å²) >= 11 is 3.01. The molecular weight excluding hydrogens is 258 g/mol. The normalized spacial score (nSPS) is 11.8. The molecule has 1 heterocycles. The van der Waals surface area contributed by atoms with Gasteiger partial charge < -0.3 is 0 Å². The van der Waals surface area contributed by atoms with E-state index in [-0.39, 0.29) is 5.69 Å². The van der Waals surface area contributed by atoms with Crippen molar-refractivity contribution in [2.24, 2.45) is 0 Å². The molecule has 0 saturated heterocycles. The van der Waals surface area contributed by atoms with Crippen LogP contribution in [0, 0.1) is 0 Å². The maximum atomic E-state index is 12.8. The van der Waals surface area contributed by atoms with E-state index in [4.69, 9.17) is 0 Å². The van der Waals surface area contributed by atoms with Crippen LogP contribution in [0.1, 0.15) is 24.3 Å². The van der Waals surface area contributed by atoms with Crippen molar-refractivity contribution >= 4 is 21.7 Å². The van der Waals surface area contributed by atoms with Crippen molar-refractivity contribution in [1.82, 2.24) is 9.78 Å². The molecule has 0 aliphatic rings.